The van der Waals surface area contributed by atoms with Gasteiger partial charge in [-0.1, -0.05) is 170 Å². The monoisotopic (exact) mass is 627 g/mol. The Morgan fingerprint density at radius 2 is 0.837 bits per heavy atom. The Balaban J connectivity index is 1.40. The van der Waals surface area contributed by atoms with Gasteiger partial charge in [-0.2, -0.15) is 0 Å². The molecular weight excluding hydrogens is 591 g/mol. The lowest BCUT2D eigenvalue weighted by Gasteiger charge is -2.30. The fourth-order valence-corrected chi connectivity index (χ4v) is 7.04. The summed E-state index contributed by atoms with van der Waals surface area (Å²) in [5.74, 6) is 0. The molecule has 0 saturated carbocycles. The van der Waals surface area contributed by atoms with Crippen molar-refractivity contribution in [2.45, 2.75) is 12.8 Å². The number of benzene rings is 8. The summed E-state index contributed by atoms with van der Waals surface area (Å²) in [6.07, 6.45) is 1.67. The molecule has 0 heterocycles. The predicted octanol–water partition coefficient (Wildman–Crippen LogP) is 12.8. The third-order valence-corrected chi connectivity index (χ3v) is 9.36. The highest BCUT2D eigenvalue weighted by molar-refractivity contribution is 6.04. The largest absolute Gasteiger partial charge is 0.310 e. The van der Waals surface area contributed by atoms with Crippen LogP contribution in [0.3, 0.4) is 0 Å². The van der Waals surface area contributed by atoms with E-state index in [-0.39, 0.29) is 0 Å². The second kappa shape index (κ2) is 13.9. The molecule has 0 amide bonds. The van der Waals surface area contributed by atoms with Gasteiger partial charge in [0.15, 0.2) is 0 Å². The van der Waals surface area contributed by atoms with Gasteiger partial charge in [-0.15, -0.1) is 0 Å². The molecule has 0 bridgehead atoms. The van der Waals surface area contributed by atoms with Crippen LogP contribution in [0.2, 0.25) is 0 Å². The van der Waals surface area contributed by atoms with E-state index in [1.807, 2.05) is 0 Å². The van der Waals surface area contributed by atoms with Crippen molar-refractivity contribution in [1.82, 2.24) is 0 Å². The highest BCUT2D eigenvalue weighted by Crippen LogP contribution is 2.46. The number of rotatable bonds is 9. The van der Waals surface area contributed by atoms with Gasteiger partial charge in [0.05, 0.1) is 5.69 Å². The molecular formula is C48H37N. The zero-order valence-corrected chi connectivity index (χ0v) is 27.4. The summed E-state index contributed by atoms with van der Waals surface area (Å²) in [6.45, 7) is 0. The molecule has 0 aromatic heterocycles. The maximum absolute atomic E-state index is 2.44. The average Bonchev–Trinajstić information content (AvgIpc) is 3.17. The molecule has 0 aliphatic heterocycles. The fraction of sp³-hybridized carbons (Fsp3) is 0.0417. The van der Waals surface area contributed by atoms with Crippen molar-refractivity contribution in [2.24, 2.45) is 0 Å². The molecule has 0 spiro atoms. The zero-order valence-electron chi connectivity index (χ0n) is 27.4. The Morgan fingerprint density at radius 3 is 1.49 bits per heavy atom. The molecule has 8 aromatic rings. The average molecular weight is 628 g/mol. The number of fused-ring (bicyclic) bond motifs is 1. The van der Waals surface area contributed by atoms with Crippen molar-refractivity contribution in [3.8, 4) is 22.3 Å². The normalized spacial score (nSPS) is 11.0. The van der Waals surface area contributed by atoms with E-state index in [1.54, 1.807) is 0 Å². The summed E-state index contributed by atoms with van der Waals surface area (Å²) in [5, 5.41) is 2.51. The first-order valence-corrected chi connectivity index (χ1v) is 17.0. The first kappa shape index (κ1) is 30.2. The standard InChI is InChI=1S/C48H37N/c1-5-16-36(17-6-1)34-41-23-15-27-46(48(41)47-42(35-37-18-7-2-8-19-37)29-28-40-22-13-14-26-45(40)47)49(43-24-11-4-12-25-43)44-32-30-39(31-33-44)38-20-9-3-10-21-38/h1-33H,34-35H2. The van der Waals surface area contributed by atoms with Crippen molar-refractivity contribution in [3.63, 3.8) is 0 Å². The second-order valence-electron chi connectivity index (χ2n) is 12.5. The molecule has 0 radical (unpaired) electrons. The zero-order chi connectivity index (χ0) is 32.8. The van der Waals surface area contributed by atoms with Gasteiger partial charge in [-0.25, -0.2) is 0 Å². The van der Waals surface area contributed by atoms with Crippen molar-refractivity contribution >= 4 is 27.8 Å². The molecule has 0 saturated heterocycles. The Morgan fingerprint density at radius 1 is 0.327 bits per heavy atom. The summed E-state index contributed by atoms with van der Waals surface area (Å²) >= 11 is 0. The molecule has 1 heteroatoms. The Kier molecular flexibility index (Phi) is 8.56. The van der Waals surface area contributed by atoms with Gasteiger partial charge >= 0.3 is 0 Å². The predicted molar refractivity (Wildman–Crippen MR) is 208 cm³/mol. The van der Waals surface area contributed by atoms with E-state index < -0.39 is 0 Å². The number of anilines is 3. The lowest BCUT2D eigenvalue weighted by molar-refractivity contribution is 1.16. The van der Waals surface area contributed by atoms with Crippen molar-refractivity contribution in [2.75, 3.05) is 4.90 Å². The van der Waals surface area contributed by atoms with Crippen LogP contribution in [-0.4, -0.2) is 0 Å². The molecule has 0 aliphatic rings. The lowest BCUT2D eigenvalue weighted by Crippen LogP contribution is -2.13. The third kappa shape index (κ3) is 6.40. The summed E-state index contributed by atoms with van der Waals surface area (Å²) in [5.41, 5.74) is 13.6. The molecule has 49 heavy (non-hydrogen) atoms. The van der Waals surface area contributed by atoms with Crippen LogP contribution in [0.5, 0.6) is 0 Å². The van der Waals surface area contributed by atoms with Gasteiger partial charge in [0.1, 0.15) is 0 Å². The third-order valence-electron chi connectivity index (χ3n) is 9.36. The van der Waals surface area contributed by atoms with Gasteiger partial charge < -0.3 is 4.90 Å². The van der Waals surface area contributed by atoms with Crippen molar-refractivity contribution < 1.29 is 0 Å². The van der Waals surface area contributed by atoms with Crippen LogP contribution < -0.4 is 4.90 Å². The smallest absolute Gasteiger partial charge is 0.0543 e. The number of hydrogen-bond donors (Lipinski definition) is 0. The molecule has 0 aliphatic carbocycles. The van der Waals surface area contributed by atoms with Crippen LogP contribution in [-0.2, 0) is 12.8 Å². The van der Waals surface area contributed by atoms with Crippen LogP contribution >= 0.6 is 0 Å². The molecule has 1 nitrogen and oxygen atoms in total. The van der Waals surface area contributed by atoms with E-state index in [9.17, 15) is 0 Å². The van der Waals surface area contributed by atoms with E-state index in [0.29, 0.717) is 0 Å². The first-order valence-electron chi connectivity index (χ1n) is 17.0. The van der Waals surface area contributed by atoms with E-state index >= 15 is 0 Å². The van der Waals surface area contributed by atoms with Gasteiger partial charge in [0.25, 0.3) is 0 Å². The lowest BCUT2D eigenvalue weighted by atomic mass is 9.85. The van der Waals surface area contributed by atoms with E-state index in [1.165, 1.54) is 55.3 Å². The van der Waals surface area contributed by atoms with Crippen LogP contribution in [0.1, 0.15) is 22.3 Å². The maximum atomic E-state index is 2.44. The summed E-state index contributed by atoms with van der Waals surface area (Å²) in [6, 6.07) is 72.4. The van der Waals surface area contributed by atoms with E-state index in [0.717, 1.165) is 29.9 Å². The topological polar surface area (TPSA) is 3.24 Å². The molecule has 8 aromatic carbocycles. The minimum Gasteiger partial charge on any atom is -0.310 e. The second-order valence-corrected chi connectivity index (χ2v) is 12.5. The van der Waals surface area contributed by atoms with E-state index in [2.05, 4.69) is 205 Å². The van der Waals surface area contributed by atoms with Crippen molar-refractivity contribution in [1.29, 1.82) is 0 Å². The fourth-order valence-electron chi connectivity index (χ4n) is 7.04. The molecule has 0 atom stereocenters. The Bertz CT molecular complexity index is 2290. The summed E-state index contributed by atoms with van der Waals surface area (Å²) < 4.78 is 0. The summed E-state index contributed by atoms with van der Waals surface area (Å²) in [4.78, 5) is 2.44. The molecule has 0 unspecified atom stereocenters. The van der Waals surface area contributed by atoms with Gasteiger partial charge in [0.2, 0.25) is 0 Å². The van der Waals surface area contributed by atoms with Crippen LogP contribution in [0.25, 0.3) is 33.0 Å². The quantitative estimate of drug-likeness (QED) is 0.154. The van der Waals surface area contributed by atoms with Gasteiger partial charge in [0, 0.05) is 16.9 Å². The Labute approximate surface area is 289 Å². The van der Waals surface area contributed by atoms with E-state index in [4.69, 9.17) is 0 Å². The number of para-hydroxylation sites is 1. The minimum absolute atomic E-state index is 0.827. The molecule has 0 fully saturated rings. The summed E-state index contributed by atoms with van der Waals surface area (Å²) in [7, 11) is 0. The SMILES string of the molecule is c1ccc(Cc2cccc(N(c3ccccc3)c3ccc(-c4ccccc4)cc3)c2-c2c(Cc3ccccc3)ccc3ccccc23)cc1. The van der Waals surface area contributed by atoms with Crippen molar-refractivity contribution in [3.05, 3.63) is 222 Å². The number of hydrogen-bond acceptors (Lipinski definition) is 1. The molecule has 8 rings (SSSR count). The highest BCUT2D eigenvalue weighted by Gasteiger charge is 2.23. The van der Waals surface area contributed by atoms with Gasteiger partial charge in [-0.05, 0) is 92.9 Å². The molecule has 0 N–H and O–H groups in total. The number of nitrogens with zero attached hydrogens (tertiary/aromatic N) is 1. The Hall–Kier alpha value is -6.18. The maximum Gasteiger partial charge on any atom is 0.0543 e. The molecule has 234 valence electrons. The first-order chi connectivity index (χ1) is 24.3. The van der Waals surface area contributed by atoms with Crippen LogP contribution in [0.4, 0.5) is 17.1 Å². The van der Waals surface area contributed by atoms with Crippen LogP contribution in [0.15, 0.2) is 200 Å². The highest BCUT2D eigenvalue weighted by atomic mass is 15.1. The van der Waals surface area contributed by atoms with Crippen LogP contribution in [0, 0.1) is 0 Å². The minimum atomic E-state index is 0.827. The van der Waals surface area contributed by atoms with Gasteiger partial charge in [-0.3, -0.25) is 0 Å².